The molecule has 0 aliphatic heterocycles. The van der Waals surface area contributed by atoms with Gasteiger partial charge in [-0.3, -0.25) is 4.90 Å². The van der Waals surface area contributed by atoms with Crippen LogP contribution in [0.2, 0.25) is 0 Å². The van der Waals surface area contributed by atoms with Crippen molar-refractivity contribution >= 4 is 5.84 Å². The van der Waals surface area contributed by atoms with E-state index in [9.17, 15) is 0 Å². The van der Waals surface area contributed by atoms with Crippen LogP contribution in [0.5, 0.6) is 0 Å². The Morgan fingerprint density at radius 2 is 2.08 bits per heavy atom. The maximum atomic E-state index is 9.03. The third kappa shape index (κ3) is 4.10. The van der Waals surface area contributed by atoms with Gasteiger partial charge >= 0.3 is 0 Å². The number of likely N-dealkylation sites (N-methyl/N-ethyl adjacent to an activating group) is 1. The Morgan fingerprint density at radius 1 is 1.54 bits per heavy atom. The van der Waals surface area contributed by atoms with Crippen LogP contribution in [0.1, 0.15) is 20.3 Å². The first-order chi connectivity index (χ1) is 5.94. The summed E-state index contributed by atoms with van der Waals surface area (Å²) in [5.74, 6) is 0.209. The van der Waals surface area contributed by atoms with E-state index in [0.29, 0.717) is 13.0 Å². The van der Waals surface area contributed by atoms with E-state index in [2.05, 4.69) is 5.16 Å². The van der Waals surface area contributed by atoms with Gasteiger partial charge in [-0.25, -0.2) is 0 Å². The zero-order chi connectivity index (χ0) is 10.5. The largest absolute Gasteiger partial charge is 0.409 e. The first kappa shape index (κ1) is 12.2. The van der Waals surface area contributed by atoms with E-state index in [0.717, 1.165) is 0 Å². The Bertz CT molecular complexity index is 180. The lowest BCUT2D eigenvalue weighted by atomic mass is 10.1. The third-order valence-electron chi connectivity index (χ3n) is 2.25. The van der Waals surface area contributed by atoms with Crippen LogP contribution >= 0.6 is 0 Å². The SMILES string of the molecule is CN(CCC(N)=NO)C(C)(C)CO. The normalized spacial score (nSPS) is 13.8. The summed E-state index contributed by atoms with van der Waals surface area (Å²) in [6.45, 7) is 4.60. The summed E-state index contributed by atoms with van der Waals surface area (Å²) >= 11 is 0. The van der Waals surface area contributed by atoms with Crippen LogP contribution in [-0.2, 0) is 0 Å². The number of hydrogen-bond donors (Lipinski definition) is 3. The molecule has 0 bridgehead atoms. The van der Waals surface area contributed by atoms with Crippen molar-refractivity contribution in [2.45, 2.75) is 25.8 Å². The molecule has 0 saturated heterocycles. The first-order valence-corrected chi connectivity index (χ1v) is 4.22. The summed E-state index contributed by atoms with van der Waals surface area (Å²) in [7, 11) is 1.89. The first-order valence-electron chi connectivity index (χ1n) is 4.22. The van der Waals surface area contributed by atoms with Crippen molar-refractivity contribution in [2.75, 3.05) is 20.2 Å². The highest BCUT2D eigenvalue weighted by atomic mass is 16.4. The number of hydrogen-bond acceptors (Lipinski definition) is 4. The molecule has 4 N–H and O–H groups in total. The van der Waals surface area contributed by atoms with Crippen LogP contribution in [0.15, 0.2) is 5.16 Å². The molecule has 78 valence electrons. The molecule has 0 aliphatic carbocycles. The maximum Gasteiger partial charge on any atom is 0.140 e. The minimum atomic E-state index is -0.268. The second kappa shape index (κ2) is 5.04. The van der Waals surface area contributed by atoms with Gasteiger partial charge in [-0.2, -0.15) is 0 Å². The Kier molecular flexibility index (Phi) is 4.72. The Hall–Kier alpha value is -0.810. The minimum absolute atomic E-state index is 0.0830. The maximum absolute atomic E-state index is 9.03. The van der Waals surface area contributed by atoms with E-state index in [1.165, 1.54) is 0 Å². The molecule has 0 aliphatic rings. The van der Waals surface area contributed by atoms with E-state index < -0.39 is 0 Å². The lowest BCUT2D eigenvalue weighted by Gasteiger charge is -2.33. The molecular formula is C8H19N3O2. The summed E-state index contributed by atoms with van der Waals surface area (Å²) in [5, 5.41) is 20.2. The van der Waals surface area contributed by atoms with Gasteiger partial charge in [0.1, 0.15) is 5.84 Å². The second-order valence-electron chi connectivity index (χ2n) is 3.73. The monoisotopic (exact) mass is 189 g/mol. The molecular weight excluding hydrogens is 170 g/mol. The fourth-order valence-electron chi connectivity index (χ4n) is 0.756. The molecule has 0 saturated carbocycles. The van der Waals surface area contributed by atoms with Crippen molar-refractivity contribution in [3.63, 3.8) is 0 Å². The average Bonchev–Trinajstić information content (AvgIpc) is 2.13. The van der Waals surface area contributed by atoms with Crippen LogP contribution in [-0.4, -0.2) is 46.8 Å². The highest BCUT2D eigenvalue weighted by Crippen LogP contribution is 2.10. The van der Waals surface area contributed by atoms with Crippen molar-refractivity contribution in [1.29, 1.82) is 0 Å². The Morgan fingerprint density at radius 3 is 2.46 bits per heavy atom. The van der Waals surface area contributed by atoms with Gasteiger partial charge in [0.25, 0.3) is 0 Å². The summed E-state index contributed by atoms with van der Waals surface area (Å²) in [6, 6.07) is 0. The van der Waals surface area contributed by atoms with Crippen molar-refractivity contribution < 1.29 is 10.3 Å². The molecule has 0 fully saturated rings. The van der Waals surface area contributed by atoms with Crippen LogP contribution in [0.3, 0.4) is 0 Å². The molecule has 0 unspecified atom stereocenters. The Balaban J connectivity index is 3.94. The van der Waals surface area contributed by atoms with E-state index in [1.807, 2.05) is 25.8 Å². The molecule has 0 rings (SSSR count). The highest BCUT2D eigenvalue weighted by molar-refractivity contribution is 5.79. The lowest BCUT2D eigenvalue weighted by molar-refractivity contribution is 0.0812. The van der Waals surface area contributed by atoms with Gasteiger partial charge in [0.2, 0.25) is 0 Å². The smallest absolute Gasteiger partial charge is 0.140 e. The summed E-state index contributed by atoms with van der Waals surface area (Å²) < 4.78 is 0. The van der Waals surface area contributed by atoms with Gasteiger partial charge in [-0.1, -0.05) is 5.16 Å². The zero-order valence-electron chi connectivity index (χ0n) is 8.49. The standard InChI is InChI=1S/C8H19N3O2/c1-8(2,6-12)11(3)5-4-7(9)10-13/h12-13H,4-6H2,1-3H3,(H2,9,10). The number of nitrogens with zero attached hydrogens (tertiary/aromatic N) is 2. The summed E-state index contributed by atoms with van der Waals surface area (Å²) in [6.07, 6.45) is 0.496. The van der Waals surface area contributed by atoms with Gasteiger partial charge in [-0.05, 0) is 20.9 Å². The number of nitrogens with two attached hydrogens (primary N) is 1. The van der Waals surface area contributed by atoms with E-state index >= 15 is 0 Å². The van der Waals surface area contributed by atoms with Gasteiger partial charge in [0.15, 0.2) is 0 Å². The topological polar surface area (TPSA) is 82.1 Å². The quantitative estimate of drug-likeness (QED) is 0.243. The number of aliphatic hydroxyl groups excluding tert-OH is 1. The van der Waals surface area contributed by atoms with E-state index in [1.54, 1.807) is 0 Å². The van der Waals surface area contributed by atoms with Crippen molar-refractivity contribution in [2.24, 2.45) is 10.9 Å². The molecule has 0 heterocycles. The fourth-order valence-corrected chi connectivity index (χ4v) is 0.756. The molecule has 0 aromatic heterocycles. The second-order valence-corrected chi connectivity index (χ2v) is 3.73. The number of rotatable bonds is 5. The fraction of sp³-hybridized carbons (Fsp3) is 0.875. The average molecular weight is 189 g/mol. The van der Waals surface area contributed by atoms with Gasteiger partial charge in [0, 0.05) is 18.5 Å². The Labute approximate surface area is 78.8 Å². The molecule has 0 aromatic carbocycles. The third-order valence-corrected chi connectivity index (χ3v) is 2.25. The molecule has 0 aromatic rings. The van der Waals surface area contributed by atoms with Crippen LogP contribution in [0.25, 0.3) is 0 Å². The van der Waals surface area contributed by atoms with Crippen LogP contribution in [0.4, 0.5) is 0 Å². The molecule has 0 amide bonds. The number of oxime groups is 1. The molecule has 0 spiro atoms. The lowest BCUT2D eigenvalue weighted by Crippen LogP contribution is -2.45. The number of aliphatic hydroxyl groups is 1. The molecule has 5 nitrogen and oxygen atoms in total. The summed E-state index contributed by atoms with van der Waals surface area (Å²) in [5.41, 5.74) is 5.05. The van der Waals surface area contributed by atoms with Gasteiger partial charge < -0.3 is 16.0 Å². The zero-order valence-corrected chi connectivity index (χ0v) is 8.49. The molecule has 0 radical (unpaired) electrons. The van der Waals surface area contributed by atoms with Crippen molar-refractivity contribution in [3.05, 3.63) is 0 Å². The predicted molar refractivity (Wildman–Crippen MR) is 51.8 cm³/mol. The van der Waals surface area contributed by atoms with E-state index in [-0.39, 0.29) is 18.0 Å². The number of amidine groups is 1. The van der Waals surface area contributed by atoms with Crippen LogP contribution in [0, 0.1) is 0 Å². The minimum Gasteiger partial charge on any atom is -0.409 e. The predicted octanol–water partition coefficient (Wildman–Crippen LogP) is -0.174. The molecule has 5 heteroatoms. The van der Waals surface area contributed by atoms with Gasteiger partial charge in [-0.15, -0.1) is 0 Å². The van der Waals surface area contributed by atoms with Crippen molar-refractivity contribution in [3.8, 4) is 0 Å². The van der Waals surface area contributed by atoms with E-state index in [4.69, 9.17) is 16.0 Å². The summed E-state index contributed by atoms with van der Waals surface area (Å²) in [4.78, 5) is 1.96. The highest BCUT2D eigenvalue weighted by Gasteiger charge is 2.21. The van der Waals surface area contributed by atoms with Crippen molar-refractivity contribution in [1.82, 2.24) is 4.90 Å². The molecule has 0 atom stereocenters. The van der Waals surface area contributed by atoms with Crippen LogP contribution < -0.4 is 5.73 Å². The van der Waals surface area contributed by atoms with Gasteiger partial charge in [0.05, 0.1) is 6.61 Å². The molecule has 13 heavy (non-hydrogen) atoms.